The molecule has 10 saturated carbocycles. The van der Waals surface area contributed by atoms with Gasteiger partial charge in [-0.25, -0.2) is 0 Å². The van der Waals surface area contributed by atoms with Gasteiger partial charge in [-0.05, 0) is 418 Å². The zero-order valence-electron chi connectivity index (χ0n) is 88.0. The number of rotatable bonds is 28. The van der Waals surface area contributed by atoms with E-state index >= 15 is 0 Å². The van der Waals surface area contributed by atoms with Crippen molar-refractivity contribution >= 4 is 41.8 Å². The third kappa shape index (κ3) is 31.2. The van der Waals surface area contributed by atoms with Gasteiger partial charge < -0.3 is 37.9 Å². The first-order valence-electron chi connectivity index (χ1n) is 52.8. The van der Waals surface area contributed by atoms with Crippen LogP contribution < -0.4 is 0 Å². The van der Waals surface area contributed by atoms with Crippen LogP contribution >= 0.6 is 0 Å². The van der Waals surface area contributed by atoms with E-state index in [9.17, 15) is 33.6 Å². The van der Waals surface area contributed by atoms with E-state index in [0.29, 0.717) is 35.9 Å². The van der Waals surface area contributed by atoms with Crippen molar-refractivity contribution in [1.29, 1.82) is 0 Å². The summed E-state index contributed by atoms with van der Waals surface area (Å²) < 4.78 is 47.7. The summed E-state index contributed by atoms with van der Waals surface area (Å²) >= 11 is 0. The fourth-order valence-corrected chi connectivity index (χ4v) is 21.7. The molecule has 4 atom stereocenters. The summed E-state index contributed by atoms with van der Waals surface area (Å²) in [5.74, 6) is 4.49. The number of esters is 7. The van der Waals surface area contributed by atoms with Crippen LogP contribution in [0.2, 0.25) is 0 Å². The molecule has 2 heterocycles. The molecule has 0 spiro atoms. The van der Waals surface area contributed by atoms with Gasteiger partial charge in [0.05, 0.1) is 50.1 Å². The normalized spacial score (nSPS) is 25.9. The summed E-state index contributed by atoms with van der Waals surface area (Å²) in [7, 11) is 0. The Morgan fingerprint density at radius 1 is 0.325 bits per heavy atom. The van der Waals surface area contributed by atoms with Crippen molar-refractivity contribution in [2.75, 3.05) is 0 Å². The van der Waals surface area contributed by atoms with E-state index < -0.39 is 0 Å². The van der Waals surface area contributed by atoms with E-state index in [0.717, 1.165) is 140 Å². The lowest BCUT2D eigenvalue weighted by Gasteiger charge is -2.62. The number of carbonyl (C=O) groups excluding carboxylic acids is 7. The van der Waals surface area contributed by atoms with Crippen molar-refractivity contribution in [3.8, 4) is 0 Å². The lowest BCUT2D eigenvalue weighted by atomic mass is 9.45. The maximum Gasteiger partial charge on any atom is 0.312 e. The summed E-state index contributed by atoms with van der Waals surface area (Å²) in [6.45, 7) is 63.4. The molecule has 12 aliphatic rings. The van der Waals surface area contributed by atoms with Crippen LogP contribution in [0.5, 0.6) is 0 Å². The largest absolute Gasteiger partial charge is 0.459 e. The van der Waals surface area contributed by atoms with Crippen LogP contribution in [0.4, 0.5) is 0 Å². The molecule has 2 aliphatic heterocycles. The van der Waals surface area contributed by atoms with Gasteiger partial charge >= 0.3 is 41.8 Å². The summed E-state index contributed by atoms with van der Waals surface area (Å²) in [4.78, 5) is 86.1. The van der Waals surface area contributed by atoms with Gasteiger partial charge in [-0.1, -0.05) is 147 Å². The van der Waals surface area contributed by atoms with E-state index in [4.69, 9.17) is 37.9 Å². The van der Waals surface area contributed by atoms with Crippen LogP contribution in [0, 0.1) is 84.7 Å². The molecule has 4 unspecified atom stereocenters. The Kier molecular flexibility index (Phi) is 42.9. The fraction of sp³-hybridized carbons (Fsp3) is 0.937. The fourth-order valence-electron chi connectivity index (χ4n) is 21.7. The van der Waals surface area contributed by atoms with Crippen molar-refractivity contribution in [2.45, 2.75) is 581 Å². The molecule has 10 aliphatic carbocycles. The Balaban J connectivity index is 0.000000262. The second-order valence-corrected chi connectivity index (χ2v) is 48.6. The smallest absolute Gasteiger partial charge is 0.312 e. The van der Waals surface area contributed by atoms with Gasteiger partial charge in [-0.15, -0.1) is 0 Å². The van der Waals surface area contributed by atoms with Gasteiger partial charge in [0.1, 0.15) is 39.2 Å². The van der Waals surface area contributed by atoms with Crippen molar-refractivity contribution in [2.24, 2.45) is 84.7 Å². The molecule has 0 aromatic rings. The maximum atomic E-state index is 12.7. The molecule has 0 aromatic carbocycles. The zero-order chi connectivity index (χ0) is 95.0. The van der Waals surface area contributed by atoms with Crippen LogP contribution in [0.15, 0.2) is 0 Å². The highest BCUT2D eigenvalue weighted by molar-refractivity contribution is 5.79. The molecule has 734 valence electrons. The number of fused-ring (bicyclic) bond motifs is 2. The average molecular weight is 1770 g/mol. The molecule has 15 nitrogen and oxygen atoms in total. The molecule has 6 bridgehead atoms. The van der Waals surface area contributed by atoms with Crippen LogP contribution in [0.25, 0.3) is 0 Å². The number of hydrogen-bond donors (Lipinski definition) is 0. The second kappa shape index (κ2) is 47.9. The highest BCUT2D eigenvalue weighted by Crippen LogP contribution is 2.65. The average Bonchev–Trinajstić information content (AvgIpc) is 0.963. The minimum absolute atomic E-state index is 0.00702. The Morgan fingerprint density at radius 2 is 0.635 bits per heavy atom. The van der Waals surface area contributed by atoms with Crippen LogP contribution in [0.3, 0.4) is 0 Å². The van der Waals surface area contributed by atoms with E-state index in [1.54, 1.807) is 0 Å². The number of carbonyl (C=O) groups is 7. The summed E-state index contributed by atoms with van der Waals surface area (Å²) in [6.07, 6.45) is 57.1. The SMILES string of the molecule is CCC(C)(C)C(=O)OC(C)(C)C1CCCC1.CCC(C)(C)C(=O)OC(C)(C)C1CCCCC1.CCC(C)(C)C(=O)OC(C)(CC)C12CC3CC(CC(C3)C1)C2.CCC(C)(C)C(=O)OC1(C(C)C)CCCC1.CCC(C)(C)C(=O)OC1(C)CCCCCCC1.CCC(C)(C)C(=O)OC1(C2CC3CCC2O3)CCCC1.CCC1(OC(=O)C(C)(C)CC)CCCCCCC1. The minimum Gasteiger partial charge on any atom is -0.459 e. The molecule has 12 rings (SSSR count). The maximum absolute atomic E-state index is 12.7. The zero-order valence-corrected chi connectivity index (χ0v) is 88.0. The Bertz CT molecular complexity index is 3230. The summed E-state index contributed by atoms with van der Waals surface area (Å²) in [6, 6.07) is 0. The van der Waals surface area contributed by atoms with Crippen LogP contribution in [-0.2, 0) is 71.5 Å². The van der Waals surface area contributed by atoms with Crippen LogP contribution in [0.1, 0.15) is 529 Å². The molecule has 0 amide bonds. The van der Waals surface area contributed by atoms with Gasteiger partial charge in [0.15, 0.2) is 0 Å². The molecular formula is C111H200O15. The van der Waals surface area contributed by atoms with Gasteiger partial charge in [0, 0.05) is 11.3 Å². The Hall–Kier alpha value is -3.75. The molecule has 15 heteroatoms. The first-order chi connectivity index (χ1) is 58.5. The monoisotopic (exact) mass is 1770 g/mol. The van der Waals surface area contributed by atoms with Gasteiger partial charge in [-0.2, -0.15) is 0 Å². The highest BCUT2D eigenvalue weighted by atomic mass is 16.6. The molecule has 2 saturated heterocycles. The van der Waals surface area contributed by atoms with Gasteiger partial charge in [0.2, 0.25) is 0 Å². The quantitative estimate of drug-likeness (QED) is 0.0530. The molecule has 12 fully saturated rings. The molecular weight excluding hydrogens is 1570 g/mol. The van der Waals surface area contributed by atoms with Gasteiger partial charge in [0.25, 0.3) is 0 Å². The second-order valence-electron chi connectivity index (χ2n) is 48.6. The predicted molar refractivity (Wildman–Crippen MR) is 516 cm³/mol. The van der Waals surface area contributed by atoms with Crippen molar-refractivity contribution in [3.63, 3.8) is 0 Å². The number of ether oxygens (including phenoxy) is 8. The van der Waals surface area contributed by atoms with Crippen molar-refractivity contribution < 1.29 is 71.5 Å². The predicted octanol–water partition coefficient (Wildman–Crippen LogP) is 30.7. The molecule has 0 N–H and O–H groups in total. The van der Waals surface area contributed by atoms with E-state index in [1.807, 2.05) is 125 Å². The Morgan fingerprint density at radius 3 is 0.976 bits per heavy atom. The first-order valence-corrected chi connectivity index (χ1v) is 52.8. The van der Waals surface area contributed by atoms with Crippen molar-refractivity contribution in [1.82, 2.24) is 0 Å². The summed E-state index contributed by atoms with van der Waals surface area (Å²) in [5.41, 5.74) is -3.86. The Labute approximate surface area is 774 Å². The van der Waals surface area contributed by atoms with Gasteiger partial charge in [-0.3, -0.25) is 33.6 Å². The van der Waals surface area contributed by atoms with E-state index in [-0.39, 0.29) is 124 Å². The lowest BCUT2D eigenvalue weighted by Crippen LogP contribution is -2.59. The standard InChI is InChI=1S/C20H34O2.C17H28O3.C16H30O2.2C15H28O2.2C14H26O2/c1-6-18(3,4)17(21)22-19(5,7-2)20-11-14-8-15(12-20)10-16(9-14)13-20;1-4-16(2,3)15(18)20-17(9-5-6-10-17)13-11-12-7-8-14(13)19-12;1-5-15(3,4)14(17)18-16(6-2)12-10-8-7-9-11-13-16;1-6-14(2,3)13(16)17-15(4,5)12-10-8-7-9-11-12;1-5-14(2,3)13(16)17-15(4)11-9-7-6-8-10-12-15;1-6-13(2,3)12(15)16-14(4,5)11-9-7-8-10-11;1-6-13(4,5)12(15)16-14(11(2)3)9-7-8-10-14/h14-16H,6-13H2,1-5H3;12-14H,4-11H2,1-3H3;5-13H2,1-4H3;12H,6-11H2,1-5H3;5-12H2,1-4H3;2*11H,6-10H2,1-5H3. The van der Waals surface area contributed by atoms with Crippen LogP contribution in [-0.4, -0.2) is 93.2 Å². The molecule has 126 heavy (non-hydrogen) atoms. The summed E-state index contributed by atoms with van der Waals surface area (Å²) in [5, 5.41) is 0. The topological polar surface area (TPSA) is 193 Å². The minimum atomic E-state index is -0.367. The molecule has 0 aromatic heterocycles. The first kappa shape index (κ1) is 113. The van der Waals surface area contributed by atoms with Crippen molar-refractivity contribution in [3.05, 3.63) is 0 Å². The third-order valence-electron chi connectivity index (χ3n) is 35.1. The molecule has 0 radical (unpaired) electrons. The lowest BCUT2D eigenvalue weighted by molar-refractivity contribution is -0.212. The highest BCUT2D eigenvalue weighted by Gasteiger charge is 2.61. The third-order valence-corrected chi connectivity index (χ3v) is 35.1. The number of hydrogen-bond acceptors (Lipinski definition) is 15. The van der Waals surface area contributed by atoms with E-state index in [1.165, 1.54) is 193 Å². The van der Waals surface area contributed by atoms with E-state index in [2.05, 4.69) is 90.0 Å².